The first-order valence-electron chi connectivity index (χ1n) is 20.6. The van der Waals surface area contributed by atoms with Gasteiger partial charge < -0.3 is 44.3 Å². The first-order chi connectivity index (χ1) is 31.2. The van der Waals surface area contributed by atoms with E-state index in [4.69, 9.17) is 44.2 Å². The van der Waals surface area contributed by atoms with Gasteiger partial charge in [0.15, 0.2) is 34.1 Å². The second-order valence-corrected chi connectivity index (χ2v) is 15.1. The van der Waals surface area contributed by atoms with E-state index in [-0.39, 0.29) is 35.0 Å². The Hall–Kier alpha value is -8.08. The Morgan fingerprint density at radius 2 is 1.48 bits per heavy atom. The van der Waals surface area contributed by atoms with Gasteiger partial charge in [0.25, 0.3) is 0 Å². The number of hydrogen-bond acceptors (Lipinski definition) is 17. The third kappa shape index (κ3) is 7.19. The molecule has 9 aromatic rings. The SMILES string of the molecule is CCC(C(=O)O)n1cc2c(nc(N)n3nc(-c4cc(Nc5nc6nn(C(CC)C(=O)N7CCN(c8ccc(OCCOC)cc8)CC7)cc6c6nc(-c7ccco7)nn56)co4)nc23)n1. The number of carboxylic acids is 1. The van der Waals surface area contributed by atoms with E-state index in [0.717, 1.165) is 11.4 Å². The van der Waals surface area contributed by atoms with E-state index in [1.165, 1.54) is 15.5 Å². The van der Waals surface area contributed by atoms with E-state index in [2.05, 4.69) is 30.4 Å². The number of benzene rings is 1. The molecular formula is C41H42N16O7. The quantitative estimate of drug-likeness (QED) is 0.120. The van der Waals surface area contributed by atoms with Crippen molar-refractivity contribution in [3.63, 3.8) is 0 Å². The van der Waals surface area contributed by atoms with Gasteiger partial charge in [0.2, 0.25) is 29.5 Å². The Kier molecular flexibility index (Phi) is 10.2. The predicted molar refractivity (Wildman–Crippen MR) is 230 cm³/mol. The molecule has 328 valence electrons. The maximum Gasteiger partial charge on any atom is 0.328 e. The lowest BCUT2D eigenvalue weighted by Crippen LogP contribution is -2.50. The third-order valence-corrected chi connectivity index (χ3v) is 11.1. The molecule has 23 nitrogen and oxygen atoms in total. The Morgan fingerprint density at radius 3 is 2.16 bits per heavy atom. The van der Waals surface area contributed by atoms with Gasteiger partial charge in [-0.1, -0.05) is 13.8 Å². The van der Waals surface area contributed by atoms with Crippen molar-refractivity contribution < 1.29 is 33.0 Å². The average molecular weight is 871 g/mol. The number of ether oxygens (including phenoxy) is 2. The highest BCUT2D eigenvalue weighted by Crippen LogP contribution is 2.31. The van der Waals surface area contributed by atoms with E-state index in [9.17, 15) is 14.7 Å². The predicted octanol–water partition coefficient (Wildman–Crippen LogP) is 4.47. The fourth-order valence-electron chi connectivity index (χ4n) is 7.83. The van der Waals surface area contributed by atoms with Crippen LogP contribution >= 0.6 is 0 Å². The Bertz CT molecular complexity index is 3140. The van der Waals surface area contributed by atoms with E-state index >= 15 is 0 Å². The molecule has 1 aliphatic heterocycles. The second kappa shape index (κ2) is 16.3. The average Bonchev–Trinajstić information content (AvgIpc) is 4.15. The summed E-state index contributed by atoms with van der Waals surface area (Å²) in [6, 6.07) is 11.7. The normalized spacial score (nSPS) is 14.3. The maximum absolute atomic E-state index is 14.2. The molecule has 0 spiro atoms. The van der Waals surface area contributed by atoms with Gasteiger partial charge in [-0.25, -0.2) is 14.8 Å². The molecule has 2 unspecified atom stereocenters. The van der Waals surface area contributed by atoms with Gasteiger partial charge in [0.1, 0.15) is 30.7 Å². The molecular weight excluding hydrogens is 829 g/mol. The number of rotatable bonds is 15. The number of anilines is 4. The van der Waals surface area contributed by atoms with Crippen LogP contribution in [-0.2, 0) is 14.3 Å². The minimum Gasteiger partial charge on any atom is -0.491 e. The molecule has 10 rings (SSSR count). The van der Waals surface area contributed by atoms with E-state index < -0.39 is 18.1 Å². The topological polar surface area (TPSA) is 265 Å². The first kappa shape index (κ1) is 40.0. The van der Waals surface area contributed by atoms with Gasteiger partial charge in [0, 0.05) is 57.4 Å². The number of aliphatic carboxylic acids is 1. The molecule has 4 N–H and O–H groups in total. The summed E-state index contributed by atoms with van der Waals surface area (Å²) in [6.07, 6.45) is 7.17. The Balaban J connectivity index is 0.916. The summed E-state index contributed by atoms with van der Waals surface area (Å²) in [4.78, 5) is 48.8. The summed E-state index contributed by atoms with van der Waals surface area (Å²) in [6.45, 7) is 7.18. The van der Waals surface area contributed by atoms with Crippen molar-refractivity contribution in [1.82, 2.24) is 63.6 Å². The largest absolute Gasteiger partial charge is 0.491 e. The van der Waals surface area contributed by atoms with Gasteiger partial charge in [-0.05, 0) is 49.2 Å². The van der Waals surface area contributed by atoms with Crippen LogP contribution in [0.25, 0.3) is 56.5 Å². The van der Waals surface area contributed by atoms with Crippen LogP contribution in [0.5, 0.6) is 5.75 Å². The highest BCUT2D eigenvalue weighted by Gasteiger charge is 2.30. The van der Waals surface area contributed by atoms with Crippen LogP contribution in [0.2, 0.25) is 0 Å². The van der Waals surface area contributed by atoms with E-state index in [0.29, 0.717) is 97.2 Å². The summed E-state index contributed by atoms with van der Waals surface area (Å²) in [5.41, 5.74) is 9.10. The molecule has 8 aromatic heterocycles. The highest BCUT2D eigenvalue weighted by atomic mass is 16.5. The van der Waals surface area contributed by atoms with Crippen LogP contribution < -0.4 is 20.7 Å². The summed E-state index contributed by atoms with van der Waals surface area (Å²) in [5.74, 6) is 1.23. The van der Waals surface area contributed by atoms with Crippen molar-refractivity contribution >= 4 is 68.5 Å². The number of fused-ring (bicyclic) bond motifs is 6. The number of nitrogen functional groups attached to an aromatic ring is 1. The zero-order valence-electron chi connectivity index (χ0n) is 34.9. The van der Waals surface area contributed by atoms with Gasteiger partial charge in [-0.3, -0.25) is 14.2 Å². The molecule has 9 heterocycles. The molecule has 0 saturated carbocycles. The number of piperazine rings is 1. The molecule has 1 saturated heterocycles. The number of carboxylic acid groups (broad SMARTS) is 1. The number of furan rings is 2. The van der Waals surface area contributed by atoms with Gasteiger partial charge in [-0.2, -0.15) is 29.2 Å². The van der Waals surface area contributed by atoms with Crippen molar-refractivity contribution in [2.24, 2.45) is 0 Å². The van der Waals surface area contributed by atoms with Crippen molar-refractivity contribution in [1.29, 1.82) is 0 Å². The highest BCUT2D eigenvalue weighted by molar-refractivity contribution is 5.92. The molecule has 0 aliphatic carbocycles. The Morgan fingerprint density at radius 1 is 0.812 bits per heavy atom. The number of methoxy groups -OCH3 is 1. The lowest BCUT2D eigenvalue weighted by molar-refractivity contribution is -0.141. The number of amides is 1. The molecule has 23 heteroatoms. The summed E-state index contributed by atoms with van der Waals surface area (Å²) in [7, 11) is 1.64. The van der Waals surface area contributed by atoms with E-state index in [1.807, 2.05) is 36.1 Å². The smallest absolute Gasteiger partial charge is 0.328 e. The number of nitrogens with zero attached hydrogens (tertiary/aromatic N) is 14. The molecule has 1 aliphatic rings. The number of carbonyl (C=O) groups is 2. The molecule has 1 fully saturated rings. The fourth-order valence-corrected chi connectivity index (χ4v) is 7.83. The zero-order chi connectivity index (χ0) is 44.1. The molecule has 0 radical (unpaired) electrons. The minimum absolute atomic E-state index is 0.00918. The van der Waals surface area contributed by atoms with Crippen molar-refractivity contribution in [3.8, 4) is 28.9 Å². The second-order valence-electron chi connectivity index (χ2n) is 15.1. The zero-order valence-corrected chi connectivity index (χ0v) is 34.9. The lowest BCUT2D eigenvalue weighted by atomic mass is 10.1. The van der Waals surface area contributed by atoms with Gasteiger partial charge >= 0.3 is 5.97 Å². The van der Waals surface area contributed by atoms with Crippen molar-refractivity contribution in [2.75, 3.05) is 62.5 Å². The summed E-state index contributed by atoms with van der Waals surface area (Å²) >= 11 is 0. The van der Waals surface area contributed by atoms with Crippen LogP contribution in [0.3, 0.4) is 0 Å². The molecule has 0 bridgehead atoms. The van der Waals surface area contributed by atoms with Crippen LogP contribution in [-0.4, -0.2) is 127 Å². The number of nitrogens with two attached hydrogens (primary N) is 1. The molecule has 64 heavy (non-hydrogen) atoms. The van der Waals surface area contributed by atoms with Gasteiger partial charge in [0.05, 0.1) is 29.3 Å². The standard InChI is InChI=1S/C41H42N16O7/c1-4-28(38(58)53-14-12-52(13-15-53)24-8-10-25(11-9-24)62-18-17-61-3)54-20-27-33(49-54)47-41(57-37(27)44-34(51-57)30-7-6-16-63-30)43-23-19-31(64-22-23)35-45-36-26-21-55(29(5-2)39(59)60)48-32(26)46-40(42)56(36)50-35/h6-11,16,19-22,28-29H,4-5,12-15,17-18H2,1-3H3,(H,59,60)(H2,42,46,48)(H,43,47,49). The monoisotopic (exact) mass is 870 g/mol. The summed E-state index contributed by atoms with van der Waals surface area (Å²) < 4.78 is 28.2. The fraction of sp³-hybridized carbons (Fsp3) is 0.317. The van der Waals surface area contributed by atoms with Crippen LogP contribution in [0, 0.1) is 0 Å². The van der Waals surface area contributed by atoms with Crippen LogP contribution in [0.15, 0.2) is 76.2 Å². The molecule has 1 aromatic carbocycles. The maximum atomic E-state index is 14.2. The summed E-state index contributed by atoms with van der Waals surface area (Å²) in [5, 5.41) is 32.5. The lowest BCUT2D eigenvalue weighted by Gasteiger charge is -2.37. The molecule has 2 atom stereocenters. The Labute approximate surface area is 362 Å². The number of carbonyl (C=O) groups excluding carboxylic acids is 1. The first-order valence-corrected chi connectivity index (χ1v) is 20.6. The molecule has 1 amide bonds. The van der Waals surface area contributed by atoms with E-state index in [1.54, 1.807) is 60.1 Å². The number of nitrogens with one attached hydrogen (secondary N) is 1. The van der Waals surface area contributed by atoms with Crippen LogP contribution in [0.4, 0.5) is 23.3 Å². The van der Waals surface area contributed by atoms with Crippen molar-refractivity contribution in [3.05, 3.63) is 67.4 Å². The third-order valence-electron chi connectivity index (χ3n) is 11.1. The minimum atomic E-state index is -1.02. The van der Waals surface area contributed by atoms with Gasteiger partial charge in [-0.15, -0.1) is 10.2 Å². The van der Waals surface area contributed by atoms with Crippen molar-refractivity contribution in [2.45, 2.75) is 38.8 Å². The number of hydrogen-bond donors (Lipinski definition) is 3. The number of aromatic nitrogens is 12. The van der Waals surface area contributed by atoms with Crippen LogP contribution in [0.1, 0.15) is 38.8 Å².